The highest BCUT2D eigenvalue weighted by atomic mass is 35.5. The largest absolute Gasteiger partial charge is 0.455 e. The molecule has 0 spiro atoms. The molecule has 134 valence electrons. The molecule has 1 unspecified atom stereocenters. The summed E-state index contributed by atoms with van der Waals surface area (Å²) in [5.41, 5.74) is 1.43. The maximum absolute atomic E-state index is 14.2. The number of carbonyl (C=O) groups excluding carboxylic acids is 1. The van der Waals surface area contributed by atoms with Gasteiger partial charge in [0.2, 0.25) is 5.91 Å². The summed E-state index contributed by atoms with van der Waals surface area (Å²) in [6, 6.07) is 13.9. The molecule has 2 aromatic carbocycles. The second kappa shape index (κ2) is 10.0. The Morgan fingerprint density at radius 1 is 1.20 bits per heavy atom. The molecule has 2 aromatic rings. The molecule has 0 heterocycles. The second-order valence-corrected chi connectivity index (χ2v) is 6.03. The minimum absolute atomic E-state index is 0.0240. The molecule has 0 aliphatic heterocycles. The fourth-order valence-corrected chi connectivity index (χ4v) is 2.49. The highest BCUT2D eigenvalue weighted by Crippen LogP contribution is 2.30. The van der Waals surface area contributed by atoms with E-state index in [-0.39, 0.29) is 5.91 Å². The number of alkyl halides is 1. The summed E-state index contributed by atoms with van der Waals surface area (Å²) in [4.78, 5) is 10.7. The molecule has 25 heavy (non-hydrogen) atoms. The molecule has 0 saturated heterocycles. The number of nitrogens with one attached hydrogen (secondary N) is 2. The van der Waals surface area contributed by atoms with Gasteiger partial charge in [-0.15, -0.1) is 0 Å². The van der Waals surface area contributed by atoms with E-state index in [1.54, 1.807) is 36.4 Å². The van der Waals surface area contributed by atoms with Gasteiger partial charge in [-0.3, -0.25) is 4.79 Å². The van der Waals surface area contributed by atoms with Crippen LogP contribution in [-0.2, 0) is 11.3 Å². The monoisotopic (exact) mass is 364 g/mol. The Labute approximate surface area is 152 Å². The predicted molar refractivity (Wildman–Crippen MR) is 97.4 cm³/mol. The van der Waals surface area contributed by atoms with E-state index < -0.39 is 6.36 Å². The highest BCUT2D eigenvalue weighted by Gasteiger charge is 2.13. The van der Waals surface area contributed by atoms with E-state index in [2.05, 4.69) is 10.6 Å². The van der Waals surface area contributed by atoms with Gasteiger partial charge in [-0.2, -0.15) is 4.39 Å². The lowest BCUT2D eigenvalue weighted by Crippen LogP contribution is -2.24. The van der Waals surface area contributed by atoms with Crippen molar-refractivity contribution in [2.75, 3.05) is 13.1 Å². The van der Waals surface area contributed by atoms with Gasteiger partial charge >= 0.3 is 0 Å². The average Bonchev–Trinajstić information content (AvgIpc) is 2.60. The lowest BCUT2D eigenvalue weighted by molar-refractivity contribution is -0.118. The zero-order chi connectivity index (χ0) is 18.1. The summed E-state index contributed by atoms with van der Waals surface area (Å²) in [6.45, 7) is 3.56. The Morgan fingerprint density at radius 2 is 1.96 bits per heavy atom. The zero-order valence-electron chi connectivity index (χ0n) is 14.1. The van der Waals surface area contributed by atoms with Crippen LogP contribution < -0.4 is 15.4 Å². The van der Waals surface area contributed by atoms with E-state index in [1.165, 1.54) is 6.92 Å². The number of hydrogen-bond acceptors (Lipinski definition) is 3. The number of hydrogen-bond donors (Lipinski definition) is 2. The lowest BCUT2D eigenvalue weighted by atomic mass is 10.2. The van der Waals surface area contributed by atoms with Crippen LogP contribution in [0.2, 0.25) is 5.02 Å². The van der Waals surface area contributed by atoms with Gasteiger partial charge in [-0.05, 0) is 30.7 Å². The molecule has 4 nitrogen and oxygen atoms in total. The van der Waals surface area contributed by atoms with E-state index in [9.17, 15) is 9.18 Å². The van der Waals surface area contributed by atoms with Crippen LogP contribution in [0.5, 0.6) is 5.75 Å². The molecule has 0 aromatic heterocycles. The van der Waals surface area contributed by atoms with Crippen LogP contribution in [0.15, 0.2) is 48.5 Å². The van der Waals surface area contributed by atoms with Crippen LogP contribution in [0.4, 0.5) is 4.39 Å². The van der Waals surface area contributed by atoms with Crippen molar-refractivity contribution in [3.8, 4) is 5.75 Å². The summed E-state index contributed by atoms with van der Waals surface area (Å²) in [6.07, 6.45) is -0.716. The molecule has 0 aliphatic rings. The average molecular weight is 365 g/mol. The summed E-state index contributed by atoms with van der Waals surface area (Å²) < 4.78 is 19.5. The maximum Gasteiger partial charge on any atom is 0.264 e. The van der Waals surface area contributed by atoms with Crippen molar-refractivity contribution >= 4 is 17.5 Å². The Bertz CT molecular complexity index is 682. The minimum atomic E-state index is -1.56. The molecule has 6 heteroatoms. The molecule has 0 aliphatic carbocycles. The first-order valence-electron chi connectivity index (χ1n) is 8.15. The lowest BCUT2D eigenvalue weighted by Gasteiger charge is -2.14. The van der Waals surface area contributed by atoms with Crippen molar-refractivity contribution in [1.82, 2.24) is 10.6 Å². The number of rotatable bonds is 9. The minimum Gasteiger partial charge on any atom is -0.455 e. The number of benzene rings is 2. The standard InChI is InChI=1S/C19H22ClFN2O2/c1-14(24)23-11-5-10-22-13-15-8-9-18(17(20)12-15)25-19(21)16-6-3-2-4-7-16/h2-4,6-9,12,19,22H,5,10-11,13H2,1H3,(H,23,24). The smallest absolute Gasteiger partial charge is 0.264 e. The summed E-state index contributed by atoms with van der Waals surface area (Å²) >= 11 is 6.19. The first-order valence-corrected chi connectivity index (χ1v) is 8.53. The van der Waals surface area contributed by atoms with Crippen LogP contribution in [-0.4, -0.2) is 19.0 Å². The summed E-state index contributed by atoms with van der Waals surface area (Å²) in [5, 5.41) is 6.38. The molecule has 1 atom stereocenters. The zero-order valence-corrected chi connectivity index (χ0v) is 14.9. The van der Waals surface area contributed by atoms with Gasteiger partial charge in [-0.1, -0.05) is 48.0 Å². The third kappa shape index (κ3) is 6.72. The first kappa shape index (κ1) is 19.2. The summed E-state index contributed by atoms with van der Waals surface area (Å²) in [5.74, 6) is 0.288. The van der Waals surface area contributed by atoms with Crippen LogP contribution in [0.3, 0.4) is 0 Å². The van der Waals surface area contributed by atoms with Crippen LogP contribution in [0.1, 0.15) is 30.8 Å². The third-order valence-electron chi connectivity index (χ3n) is 3.52. The Morgan fingerprint density at radius 3 is 2.64 bits per heavy atom. The fourth-order valence-electron chi connectivity index (χ4n) is 2.24. The van der Waals surface area contributed by atoms with E-state index in [1.807, 2.05) is 12.1 Å². The second-order valence-electron chi connectivity index (χ2n) is 5.62. The summed E-state index contributed by atoms with van der Waals surface area (Å²) in [7, 11) is 0. The topological polar surface area (TPSA) is 50.4 Å². The SMILES string of the molecule is CC(=O)NCCCNCc1ccc(OC(F)c2ccccc2)c(Cl)c1. The number of amides is 1. The van der Waals surface area contributed by atoms with Gasteiger partial charge in [0.1, 0.15) is 5.75 Å². The number of ether oxygens (including phenoxy) is 1. The fraction of sp³-hybridized carbons (Fsp3) is 0.316. The molecule has 0 fully saturated rings. The van der Waals surface area contributed by atoms with Crippen molar-refractivity contribution in [3.05, 3.63) is 64.7 Å². The van der Waals surface area contributed by atoms with Crippen LogP contribution >= 0.6 is 11.6 Å². The van der Waals surface area contributed by atoms with E-state index in [0.717, 1.165) is 18.5 Å². The van der Waals surface area contributed by atoms with Gasteiger partial charge in [0.15, 0.2) is 0 Å². The van der Waals surface area contributed by atoms with Crippen molar-refractivity contribution in [2.45, 2.75) is 26.2 Å². The van der Waals surface area contributed by atoms with E-state index in [0.29, 0.717) is 29.4 Å². The molecule has 2 N–H and O–H groups in total. The van der Waals surface area contributed by atoms with E-state index >= 15 is 0 Å². The molecule has 2 rings (SSSR count). The maximum atomic E-state index is 14.2. The molecule has 1 amide bonds. The predicted octanol–water partition coefficient (Wildman–Crippen LogP) is 4.00. The quantitative estimate of drug-likeness (QED) is 0.661. The van der Waals surface area contributed by atoms with Crippen molar-refractivity contribution in [1.29, 1.82) is 0 Å². The van der Waals surface area contributed by atoms with Gasteiger partial charge in [0.25, 0.3) is 6.36 Å². The number of halogens is 2. The normalized spacial score (nSPS) is 11.8. The third-order valence-corrected chi connectivity index (χ3v) is 3.82. The Kier molecular flexibility index (Phi) is 7.70. The van der Waals surface area contributed by atoms with Gasteiger partial charge in [0, 0.05) is 25.6 Å². The molecule has 0 radical (unpaired) electrons. The molecule has 0 saturated carbocycles. The highest BCUT2D eigenvalue weighted by molar-refractivity contribution is 6.32. The molecular weight excluding hydrogens is 343 g/mol. The Balaban J connectivity index is 1.81. The van der Waals surface area contributed by atoms with Crippen molar-refractivity contribution in [3.63, 3.8) is 0 Å². The van der Waals surface area contributed by atoms with Crippen LogP contribution in [0, 0.1) is 0 Å². The van der Waals surface area contributed by atoms with Crippen LogP contribution in [0.25, 0.3) is 0 Å². The van der Waals surface area contributed by atoms with Gasteiger partial charge < -0.3 is 15.4 Å². The number of carbonyl (C=O) groups is 1. The Hall–Kier alpha value is -2.11. The van der Waals surface area contributed by atoms with Crippen molar-refractivity contribution < 1.29 is 13.9 Å². The molecular formula is C19H22ClFN2O2. The van der Waals surface area contributed by atoms with Gasteiger partial charge in [0.05, 0.1) is 5.02 Å². The molecule has 0 bridgehead atoms. The van der Waals surface area contributed by atoms with E-state index in [4.69, 9.17) is 16.3 Å². The van der Waals surface area contributed by atoms with Gasteiger partial charge in [-0.25, -0.2) is 0 Å². The van der Waals surface area contributed by atoms with Crippen molar-refractivity contribution in [2.24, 2.45) is 0 Å². The first-order chi connectivity index (χ1) is 12.1.